The number of hydrazine groups is 1. The molecule has 0 radical (unpaired) electrons. The van der Waals surface area contributed by atoms with Crippen LogP contribution in [0.5, 0.6) is 0 Å². The van der Waals surface area contributed by atoms with E-state index in [4.69, 9.17) is 4.74 Å². The maximum atomic E-state index is 12.1. The summed E-state index contributed by atoms with van der Waals surface area (Å²) in [6, 6.07) is 3.04. The molecule has 0 spiro atoms. The molecule has 3 rings (SSSR count). The molecule has 0 aromatic carbocycles. The Hall–Kier alpha value is -3.38. The van der Waals surface area contributed by atoms with Gasteiger partial charge in [-0.25, -0.2) is 9.97 Å². The first-order chi connectivity index (χ1) is 14.1. The van der Waals surface area contributed by atoms with E-state index in [-0.39, 0.29) is 17.3 Å². The van der Waals surface area contributed by atoms with Gasteiger partial charge in [0.25, 0.3) is 5.91 Å². The zero-order chi connectivity index (χ0) is 20.5. The number of amides is 1. The summed E-state index contributed by atoms with van der Waals surface area (Å²) in [6.07, 6.45) is 4.93. The van der Waals surface area contributed by atoms with E-state index in [0.717, 1.165) is 39.3 Å². The highest BCUT2D eigenvalue weighted by molar-refractivity contribution is 5.94. The number of morpholine rings is 1. The van der Waals surface area contributed by atoms with Gasteiger partial charge in [-0.15, -0.1) is 0 Å². The van der Waals surface area contributed by atoms with E-state index in [2.05, 4.69) is 36.0 Å². The number of ether oxygens (including phenoxy) is 1. The van der Waals surface area contributed by atoms with Crippen molar-refractivity contribution < 1.29 is 14.5 Å². The van der Waals surface area contributed by atoms with Gasteiger partial charge in [0.2, 0.25) is 11.6 Å². The standard InChI is InChI=1S/C17H22N8O4/c26-17(13-2-5-18-6-3-13)23-22-16-14(25(27)28)15(20-12-21-16)19-4-1-7-24-8-10-29-11-9-24/h2-3,5-6,12H,1,4,7-11H2,(H,23,26)(H2,19,20,21,22). The first-order valence-electron chi connectivity index (χ1n) is 9.15. The van der Waals surface area contributed by atoms with Crippen LogP contribution in [0.1, 0.15) is 16.8 Å². The third-order valence-corrected chi connectivity index (χ3v) is 4.29. The molecular weight excluding hydrogens is 380 g/mol. The molecule has 3 N–H and O–H groups in total. The van der Waals surface area contributed by atoms with Crippen LogP contribution in [0, 0.1) is 10.1 Å². The first kappa shape index (κ1) is 20.4. The lowest BCUT2D eigenvalue weighted by atomic mass is 10.3. The summed E-state index contributed by atoms with van der Waals surface area (Å²) in [5.41, 5.74) is 4.90. The van der Waals surface area contributed by atoms with E-state index in [9.17, 15) is 14.9 Å². The number of pyridine rings is 1. The van der Waals surface area contributed by atoms with E-state index in [0.29, 0.717) is 12.1 Å². The summed E-state index contributed by atoms with van der Waals surface area (Å²) < 4.78 is 5.31. The molecule has 2 aromatic rings. The second kappa shape index (κ2) is 10.2. The Morgan fingerprint density at radius 3 is 2.66 bits per heavy atom. The van der Waals surface area contributed by atoms with Crippen LogP contribution in [0.3, 0.4) is 0 Å². The largest absolute Gasteiger partial charge is 0.379 e. The van der Waals surface area contributed by atoms with Crippen LogP contribution in [0.2, 0.25) is 0 Å². The zero-order valence-electron chi connectivity index (χ0n) is 15.7. The lowest BCUT2D eigenvalue weighted by Gasteiger charge is -2.26. The number of carbonyl (C=O) groups excluding carboxylic acids is 1. The number of nitro groups is 1. The Morgan fingerprint density at radius 2 is 1.93 bits per heavy atom. The molecule has 1 aliphatic rings. The van der Waals surface area contributed by atoms with Gasteiger partial charge in [0.15, 0.2) is 0 Å². The van der Waals surface area contributed by atoms with Crippen LogP contribution in [-0.2, 0) is 4.74 Å². The van der Waals surface area contributed by atoms with Gasteiger partial charge in [0.05, 0.1) is 18.1 Å². The van der Waals surface area contributed by atoms with Gasteiger partial charge in [-0.3, -0.25) is 35.6 Å². The highest BCUT2D eigenvalue weighted by atomic mass is 16.6. The molecule has 0 atom stereocenters. The monoisotopic (exact) mass is 402 g/mol. The number of nitrogens with zero attached hydrogens (tertiary/aromatic N) is 5. The minimum Gasteiger partial charge on any atom is -0.379 e. The highest BCUT2D eigenvalue weighted by Crippen LogP contribution is 2.28. The van der Waals surface area contributed by atoms with Crippen LogP contribution in [-0.4, -0.2) is 70.1 Å². The average molecular weight is 402 g/mol. The molecule has 12 nitrogen and oxygen atoms in total. The van der Waals surface area contributed by atoms with E-state index in [1.165, 1.54) is 30.9 Å². The van der Waals surface area contributed by atoms with Crippen molar-refractivity contribution in [2.75, 3.05) is 50.1 Å². The summed E-state index contributed by atoms with van der Waals surface area (Å²) in [4.78, 5) is 37.0. The molecule has 1 aliphatic heterocycles. The summed E-state index contributed by atoms with van der Waals surface area (Å²) in [5.74, 6) is -0.490. The van der Waals surface area contributed by atoms with Crippen molar-refractivity contribution in [3.63, 3.8) is 0 Å². The van der Waals surface area contributed by atoms with Gasteiger partial charge in [-0.05, 0) is 25.1 Å². The summed E-state index contributed by atoms with van der Waals surface area (Å²) in [6.45, 7) is 4.61. The molecule has 0 unspecified atom stereocenters. The number of rotatable bonds is 9. The van der Waals surface area contributed by atoms with Crippen molar-refractivity contribution in [3.05, 3.63) is 46.5 Å². The lowest BCUT2D eigenvalue weighted by Crippen LogP contribution is -2.37. The van der Waals surface area contributed by atoms with Crippen molar-refractivity contribution in [2.24, 2.45) is 0 Å². The predicted molar refractivity (Wildman–Crippen MR) is 104 cm³/mol. The molecular formula is C17H22N8O4. The maximum absolute atomic E-state index is 12.1. The summed E-state index contributed by atoms with van der Waals surface area (Å²) in [5, 5.41) is 14.5. The second-order valence-corrected chi connectivity index (χ2v) is 6.23. The third-order valence-electron chi connectivity index (χ3n) is 4.29. The maximum Gasteiger partial charge on any atom is 0.354 e. The molecule has 0 bridgehead atoms. The van der Waals surface area contributed by atoms with E-state index in [1.54, 1.807) is 0 Å². The lowest BCUT2D eigenvalue weighted by molar-refractivity contribution is -0.383. The fraction of sp³-hybridized carbons (Fsp3) is 0.412. The number of hydrogen-bond donors (Lipinski definition) is 3. The van der Waals surface area contributed by atoms with Gasteiger partial charge < -0.3 is 10.1 Å². The summed E-state index contributed by atoms with van der Waals surface area (Å²) in [7, 11) is 0. The quantitative estimate of drug-likeness (QED) is 0.310. The molecule has 29 heavy (non-hydrogen) atoms. The Labute approximate surface area is 166 Å². The third kappa shape index (κ3) is 5.80. The van der Waals surface area contributed by atoms with Crippen molar-refractivity contribution in [2.45, 2.75) is 6.42 Å². The first-order valence-corrected chi connectivity index (χ1v) is 9.15. The van der Waals surface area contributed by atoms with Gasteiger partial charge in [-0.2, -0.15) is 0 Å². The highest BCUT2D eigenvalue weighted by Gasteiger charge is 2.23. The molecule has 0 saturated carbocycles. The van der Waals surface area contributed by atoms with Crippen LogP contribution in [0.15, 0.2) is 30.9 Å². The Morgan fingerprint density at radius 1 is 1.21 bits per heavy atom. The minimum absolute atomic E-state index is 0.0904. The molecule has 154 valence electrons. The molecule has 3 heterocycles. The number of anilines is 2. The average Bonchev–Trinajstić information content (AvgIpc) is 2.76. The van der Waals surface area contributed by atoms with Gasteiger partial charge >= 0.3 is 5.69 Å². The van der Waals surface area contributed by atoms with Crippen LogP contribution in [0.4, 0.5) is 17.3 Å². The minimum atomic E-state index is -0.592. The van der Waals surface area contributed by atoms with Crippen molar-refractivity contribution in [1.82, 2.24) is 25.3 Å². The number of carbonyl (C=O) groups is 1. The normalized spacial score (nSPS) is 14.2. The zero-order valence-corrected chi connectivity index (χ0v) is 15.7. The van der Waals surface area contributed by atoms with E-state index < -0.39 is 10.8 Å². The van der Waals surface area contributed by atoms with Gasteiger partial charge in [0.1, 0.15) is 6.33 Å². The molecule has 12 heteroatoms. The molecule has 1 fully saturated rings. The molecule has 2 aromatic heterocycles. The van der Waals surface area contributed by atoms with Crippen LogP contribution < -0.4 is 16.2 Å². The number of aromatic nitrogens is 3. The van der Waals surface area contributed by atoms with E-state index in [1.807, 2.05) is 0 Å². The Balaban J connectivity index is 1.58. The van der Waals surface area contributed by atoms with Gasteiger partial charge in [0, 0.05) is 37.6 Å². The number of hydrogen-bond acceptors (Lipinski definition) is 10. The van der Waals surface area contributed by atoms with Crippen LogP contribution in [0.25, 0.3) is 0 Å². The summed E-state index contributed by atoms with van der Waals surface area (Å²) >= 11 is 0. The van der Waals surface area contributed by atoms with Crippen LogP contribution >= 0.6 is 0 Å². The van der Waals surface area contributed by atoms with Crippen molar-refractivity contribution >= 4 is 23.2 Å². The smallest absolute Gasteiger partial charge is 0.354 e. The van der Waals surface area contributed by atoms with Gasteiger partial charge in [-0.1, -0.05) is 0 Å². The molecule has 1 amide bonds. The van der Waals surface area contributed by atoms with E-state index >= 15 is 0 Å². The fourth-order valence-corrected chi connectivity index (χ4v) is 2.80. The van der Waals surface area contributed by atoms with Crippen molar-refractivity contribution in [3.8, 4) is 0 Å². The Bertz CT molecular complexity index is 829. The molecule has 0 aliphatic carbocycles. The molecule has 1 saturated heterocycles. The Kier molecular flexibility index (Phi) is 7.19. The second-order valence-electron chi connectivity index (χ2n) is 6.23. The number of nitrogens with one attached hydrogen (secondary N) is 3. The van der Waals surface area contributed by atoms with Crippen molar-refractivity contribution in [1.29, 1.82) is 0 Å². The fourth-order valence-electron chi connectivity index (χ4n) is 2.80. The predicted octanol–water partition coefficient (Wildman–Crippen LogP) is 0.671. The SMILES string of the molecule is O=C(NNc1ncnc(NCCCN2CCOCC2)c1[N+](=O)[O-])c1ccncc1. The topological polar surface area (TPSA) is 147 Å².